The Morgan fingerprint density at radius 3 is 2.55 bits per heavy atom. The van der Waals surface area contributed by atoms with Gasteiger partial charge < -0.3 is 9.84 Å². The molecule has 0 radical (unpaired) electrons. The standard InChI is InChI=1S/C12H17F2NO4S/c1-8(2)19-4-3-15-20(17,18)11-6-9(7-16)5-10(13)12(11)14/h5-6,8,15-16H,3-4,7H2,1-2H3. The predicted molar refractivity (Wildman–Crippen MR) is 68.6 cm³/mol. The number of aliphatic hydroxyl groups excluding tert-OH is 1. The first-order valence-corrected chi connectivity index (χ1v) is 7.46. The maximum absolute atomic E-state index is 13.5. The maximum Gasteiger partial charge on any atom is 0.243 e. The Morgan fingerprint density at radius 1 is 1.35 bits per heavy atom. The van der Waals surface area contributed by atoms with E-state index >= 15 is 0 Å². The molecule has 1 aromatic rings. The minimum atomic E-state index is -4.20. The summed E-state index contributed by atoms with van der Waals surface area (Å²) in [5.74, 6) is -2.80. The third-order valence-corrected chi connectivity index (χ3v) is 3.83. The summed E-state index contributed by atoms with van der Waals surface area (Å²) in [7, 11) is -4.20. The third-order valence-electron chi connectivity index (χ3n) is 2.37. The predicted octanol–water partition coefficient (Wildman–Crippen LogP) is 1.16. The maximum atomic E-state index is 13.5. The molecule has 0 unspecified atom stereocenters. The molecule has 0 atom stereocenters. The molecule has 0 aliphatic carbocycles. The van der Waals surface area contributed by atoms with Gasteiger partial charge in [0, 0.05) is 6.54 Å². The quantitative estimate of drug-likeness (QED) is 0.741. The molecular weight excluding hydrogens is 292 g/mol. The fourth-order valence-corrected chi connectivity index (χ4v) is 2.60. The van der Waals surface area contributed by atoms with E-state index < -0.39 is 33.2 Å². The highest BCUT2D eigenvalue weighted by Gasteiger charge is 2.22. The first-order valence-electron chi connectivity index (χ1n) is 5.98. The topological polar surface area (TPSA) is 75.6 Å². The van der Waals surface area contributed by atoms with Gasteiger partial charge in [-0.05, 0) is 31.5 Å². The first-order chi connectivity index (χ1) is 9.27. The fraction of sp³-hybridized carbons (Fsp3) is 0.500. The van der Waals surface area contributed by atoms with Crippen LogP contribution in [0.3, 0.4) is 0 Å². The summed E-state index contributed by atoms with van der Waals surface area (Å²) in [4.78, 5) is -0.828. The van der Waals surface area contributed by atoms with Crippen LogP contribution in [-0.2, 0) is 21.4 Å². The molecule has 20 heavy (non-hydrogen) atoms. The lowest BCUT2D eigenvalue weighted by atomic mass is 10.2. The van der Waals surface area contributed by atoms with Crippen molar-refractivity contribution in [1.82, 2.24) is 4.72 Å². The van der Waals surface area contributed by atoms with Crippen molar-refractivity contribution in [3.63, 3.8) is 0 Å². The van der Waals surface area contributed by atoms with Gasteiger partial charge in [0.1, 0.15) is 4.90 Å². The van der Waals surface area contributed by atoms with E-state index in [1.165, 1.54) is 0 Å². The summed E-state index contributed by atoms with van der Waals surface area (Å²) in [6.45, 7) is 3.03. The second kappa shape index (κ2) is 7.07. The van der Waals surface area contributed by atoms with E-state index in [0.717, 1.165) is 12.1 Å². The summed E-state index contributed by atoms with van der Waals surface area (Å²) in [6.07, 6.45) is -0.0635. The molecule has 0 fully saturated rings. The Bertz CT molecular complexity index is 561. The van der Waals surface area contributed by atoms with E-state index in [1.807, 2.05) is 0 Å². The highest BCUT2D eigenvalue weighted by molar-refractivity contribution is 7.89. The Kier molecular flexibility index (Phi) is 6.00. The van der Waals surface area contributed by atoms with E-state index in [-0.39, 0.29) is 24.8 Å². The zero-order valence-electron chi connectivity index (χ0n) is 11.2. The van der Waals surface area contributed by atoms with Gasteiger partial charge >= 0.3 is 0 Å². The third kappa shape index (κ3) is 4.48. The van der Waals surface area contributed by atoms with Crippen molar-refractivity contribution in [2.45, 2.75) is 31.5 Å². The van der Waals surface area contributed by atoms with Gasteiger partial charge in [0.05, 0.1) is 19.3 Å². The molecule has 0 aromatic heterocycles. The van der Waals surface area contributed by atoms with E-state index in [2.05, 4.69) is 4.72 Å². The zero-order valence-corrected chi connectivity index (χ0v) is 12.0. The number of aliphatic hydroxyl groups is 1. The number of ether oxygens (including phenoxy) is 1. The van der Waals surface area contributed by atoms with Crippen LogP contribution in [0, 0.1) is 11.6 Å². The van der Waals surface area contributed by atoms with Crippen molar-refractivity contribution < 1.29 is 27.0 Å². The van der Waals surface area contributed by atoms with Crippen molar-refractivity contribution >= 4 is 10.0 Å². The van der Waals surface area contributed by atoms with Crippen LogP contribution in [0.2, 0.25) is 0 Å². The molecule has 0 saturated carbocycles. The monoisotopic (exact) mass is 309 g/mol. The lowest BCUT2D eigenvalue weighted by molar-refractivity contribution is 0.0833. The van der Waals surface area contributed by atoms with Crippen molar-refractivity contribution in [3.8, 4) is 0 Å². The normalized spacial score (nSPS) is 12.1. The number of rotatable bonds is 7. The Morgan fingerprint density at radius 2 is 2.00 bits per heavy atom. The van der Waals surface area contributed by atoms with Crippen molar-refractivity contribution in [3.05, 3.63) is 29.3 Å². The largest absolute Gasteiger partial charge is 0.392 e. The van der Waals surface area contributed by atoms with Crippen LogP contribution in [0.15, 0.2) is 17.0 Å². The molecule has 0 amide bonds. The minimum Gasteiger partial charge on any atom is -0.392 e. The zero-order chi connectivity index (χ0) is 15.3. The first kappa shape index (κ1) is 17.0. The smallest absolute Gasteiger partial charge is 0.243 e. The molecule has 2 N–H and O–H groups in total. The van der Waals surface area contributed by atoms with Gasteiger partial charge in [0.25, 0.3) is 0 Å². The van der Waals surface area contributed by atoms with Crippen LogP contribution in [0.5, 0.6) is 0 Å². The summed E-state index contributed by atoms with van der Waals surface area (Å²) in [5.41, 5.74) is -0.0253. The number of sulfonamides is 1. The van der Waals surface area contributed by atoms with Crippen LogP contribution in [0.4, 0.5) is 8.78 Å². The number of nitrogens with one attached hydrogen (secondary N) is 1. The van der Waals surface area contributed by atoms with Gasteiger partial charge in [-0.1, -0.05) is 0 Å². The summed E-state index contributed by atoms with van der Waals surface area (Å²) in [6, 6.07) is 1.64. The van der Waals surface area contributed by atoms with E-state index in [9.17, 15) is 17.2 Å². The SMILES string of the molecule is CC(C)OCCNS(=O)(=O)c1cc(CO)cc(F)c1F. The molecule has 0 aliphatic heterocycles. The van der Waals surface area contributed by atoms with Gasteiger partial charge in [0.15, 0.2) is 11.6 Å². The highest BCUT2D eigenvalue weighted by Crippen LogP contribution is 2.19. The van der Waals surface area contributed by atoms with Gasteiger partial charge in [0.2, 0.25) is 10.0 Å². The lowest BCUT2D eigenvalue weighted by Crippen LogP contribution is -2.29. The number of hydrogen-bond acceptors (Lipinski definition) is 4. The van der Waals surface area contributed by atoms with Crippen LogP contribution >= 0.6 is 0 Å². The average Bonchev–Trinajstić information content (AvgIpc) is 2.37. The van der Waals surface area contributed by atoms with Crippen LogP contribution < -0.4 is 4.72 Å². The molecule has 0 heterocycles. The Balaban J connectivity index is 2.89. The number of benzene rings is 1. The van der Waals surface area contributed by atoms with Crippen molar-refractivity contribution in [2.24, 2.45) is 0 Å². The highest BCUT2D eigenvalue weighted by atomic mass is 32.2. The molecular formula is C12H17F2NO4S. The molecule has 0 aliphatic rings. The summed E-state index contributed by atoms with van der Waals surface area (Å²) in [5, 5.41) is 8.89. The Labute approximate surface area is 116 Å². The molecule has 8 heteroatoms. The second-order valence-electron chi connectivity index (χ2n) is 4.37. The van der Waals surface area contributed by atoms with Crippen LogP contribution in [0.1, 0.15) is 19.4 Å². The number of hydrogen-bond donors (Lipinski definition) is 2. The van der Waals surface area contributed by atoms with E-state index in [4.69, 9.17) is 9.84 Å². The summed E-state index contributed by atoms with van der Waals surface area (Å²) < 4.78 is 57.8. The molecule has 5 nitrogen and oxygen atoms in total. The second-order valence-corrected chi connectivity index (χ2v) is 6.10. The van der Waals surface area contributed by atoms with Crippen molar-refractivity contribution in [2.75, 3.05) is 13.2 Å². The average molecular weight is 309 g/mol. The molecule has 114 valence electrons. The molecule has 0 bridgehead atoms. The molecule has 1 rings (SSSR count). The van der Waals surface area contributed by atoms with E-state index in [0.29, 0.717) is 0 Å². The van der Waals surface area contributed by atoms with Crippen LogP contribution in [0.25, 0.3) is 0 Å². The number of halogens is 2. The fourth-order valence-electron chi connectivity index (χ4n) is 1.45. The van der Waals surface area contributed by atoms with Gasteiger partial charge in [-0.25, -0.2) is 21.9 Å². The van der Waals surface area contributed by atoms with Gasteiger partial charge in [-0.3, -0.25) is 0 Å². The van der Waals surface area contributed by atoms with Crippen molar-refractivity contribution in [1.29, 1.82) is 0 Å². The molecule has 1 aromatic carbocycles. The van der Waals surface area contributed by atoms with Gasteiger partial charge in [-0.15, -0.1) is 0 Å². The van der Waals surface area contributed by atoms with Crippen LogP contribution in [-0.4, -0.2) is 32.8 Å². The molecule has 0 spiro atoms. The van der Waals surface area contributed by atoms with E-state index in [1.54, 1.807) is 13.8 Å². The summed E-state index contributed by atoms with van der Waals surface area (Å²) >= 11 is 0. The lowest BCUT2D eigenvalue weighted by Gasteiger charge is -2.11. The van der Waals surface area contributed by atoms with Gasteiger partial charge in [-0.2, -0.15) is 0 Å². The minimum absolute atomic E-state index is 0.0253. The molecule has 0 saturated heterocycles. The Hall–Kier alpha value is -1.09.